The fourth-order valence-corrected chi connectivity index (χ4v) is 3.21. The van der Waals surface area contributed by atoms with Crippen LogP contribution in [-0.4, -0.2) is 60.9 Å². The van der Waals surface area contributed by atoms with Gasteiger partial charge in [-0.15, -0.1) is 0 Å². The van der Waals surface area contributed by atoms with Gasteiger partial charge in [-0.1, -0.05) is 6.07 Å². The highest BCUT2D eigenvalue weighted by atomic mass is 79.9. The molecule has 0 saturated carbocycles. The second-order valence-corrected chi connectivity index (χ2v) is 5.87. The minimum atomic E-state index is -0.187. The number of benzene rings is 1. The van der Waals surface area contributed by atoms with Crippen LogP contribution in [0, 0.1) is 0 Å². The van der Waals surface area contributed by atoms with Crippen LogP contribution in [0.25, 0.3) is 0 Å². The highest BCUT2D eigenvalue weighted by Crippen LogP contribution is 2.29. The Balaban J connectivity index is 1.71. The summed E-state index contributed by atoms with van der Waals surface area (Å²) in [6, 6.07) is 5.29. The topological polar surface area (TPSA) is 52.7 Å². The van der Waals surface area contributed by atoms with Gasteiger partial charge in [-0.05, 0) is 28.1 Å². The Kier molecular flexibility index (Phi) is 3.87. The fraction of sp³-hybridized carbons (Fsp3) is 0.429. The third-order valence-corrected chi connectivity index (χ3v) is 4.46. The highest BCUT2D eigenvalue weighted by Gasteiger charge is 2.36. The van der Waals surface area contributed by atoms with Crippen LogP contribution < -0.4 is 5.32 Å². The van der Waals surface area contributed by atoms with E-state index in [-0.39, 0.29) is 11.8 Å². The first-order valence-corrected chi connectivity index (χ1v) is 7.55. The van der Waals surface area contributed by atoms with Crippen molar-refractivity contribution in [3.05, 3.63) is 33.8 Å². The molecule has 20 heavy (non-hydrogen) atoms. The zero-order valence-corrected chi connectivity index (χ0v) is 12.6. The zero-order valence-electron chi connectivity index (χ0n) is 11.1. The predicted molar refractivity (Wildman–Crippen MR) is 78.8 cm³/mol. The van der Waals surface area contributed by atoms with Crippen LogP contribution in [0.15, 0.2) is 22.7 Å². The number of hydrogen-bond acceptors (Lipinski definition) is 4. The van der Waals surface area contributed by atoms with E-state index < -0.39 is 0 Å². The van der Waals surface area contributed by atoms with Crippen molar-refractivity contribution in [2.45, 2.75) is 0 Å². The van der Waals surface area contributed by atoms with Crippen molar-refractivity contribution in [2.75, 3.05) is 39.3 Å². The van der Waals surface area contributed by atoms with E-state index in [0.29, 0.717) is 22.1 Å². The largest absolute Gasteiger partial charge is 0.314 e. The van der Waals surface area contributed by atoms with E-state index in [1.165, 1.54) is 4.90 Å². The van der Waals surface area contributed by atoms with Crippen molar-refractivity contribution in [3.8, 4) is 0 Å². The number of nitrogens with zero attached hydrogens (tertiary/aromatic N) is 2. The van der Waals surface area contributed by atoms with Gasteiger partial charge in [-0.3, -0.25) is 19.4 Å². The minimum absolute atomic E-state index is 0.179. The summed E-state index contributed by atoms with van der Waals surface area (Å²) in [5, 5.41) is 3.29. The molecule has 1 saturated heterocycles. The summed E-state index contributed by atoms with van der Waals surface area (Å²) >= 11 is 3.35. The van der Waals surface area contributed by atoms with Crippen LogP contribution in [0.2, 0.25) is 0 Å². The average molecular weight is 338 g/mol. The molecule has 3 rings (SSSR count). The highest BCUT2D eigenvalue weighted by molar-refractivity contribution is 9.10. The minimum Gasteiger partial charge on any atom is -0.314 e. The molecule has 0 aliphatic carbocycles. The van der Waals surface area contributed by atoms with Gasteiger partial charge in [0.2, 0.25) is 0 Å². The summed E-state index contributed by atoms with van der Waals surface area (Å²) in [7, 11) is 0. The van der Waals surface area contributed by atoms with Gasteiger partial charge in [-0.25, -0.2) is 0 Å². The van der Waals surface area contributed by atoms with Crippen LogP contribution in [0.3, 0.4) is 0 Å². The van der Waals surface area contributed by atoms with E-state index in [2.05, 4.69) is 26.1 Å². The second-order valence-electron chi connectivity index (χ2n) is 5.02. The van der Waals surface area contributed by atoms with Gasteiger partial charge in [0.1, 0.15) is 0 Å². The number of nitrogens with one attached hydrogen (secondary N) is 1. The number of carbonyl (C=O) groups is 2. The SMILES string of the molecule is O=C1c2cccc(Br)c2C(=O)N1CCN1CCNCC1. The van der Waals surface area contributed by atoms with E-state index in [1.807, 2.05) is 0 Å². The standard InChI is InChI=1S/C14H16BrN3O2/c15-11-3-1-2-10-12(11)14(20)18(13(10)19)9-8-17-6-4-16-5-7-17/h1-3,16H,4-9H2. The van der Waals surface area contributed by atoms with Gasteiger partial charge in [0, 0.05) is 43.7 Å². The molecule has 2 aliphatic rings. The number of imide groups is 1. The number of amides is 2. The third-order valence-electron chi connectivity index (χ3n) is 3.80. The first-order chi connectivity index (χ1) is 9.68. The molecule has 1 aromatic rings. The number of carbonyl (C=O) groups excluding carboxylic acids is 2. The Bertz CT molecular complexity index is 555. The molecule has 5 nitrogen and oxygen atoms in total. The molecule has 2 aliphatic heterocycles. The first-order valence-electron chi connectivity index (χ1n) is 6.76. The van der Waals surface area contributed by atoms with Crippen LogP contribution in [0.5, 0.6) is 0 Å². The van der Waals surface area contributed by atoms with Gasteiger partial charge in [-0.2, -0.15) is 0 Å². The van der Waals surface area contributed by atoms with E-state index in [4.69, 9.17) is 0 Å². The molecule has 1 fully saturated rings. The zero-order chi connectivity index (χ0) is 14.1. The molecule has 0 radical (unpaired) electrons. The van der Waals surface area contributed by atoms with Crippen LogP contribution in [-0.2, 0) is 0 Å². The summed E-state index contributed by atoms with van der Waals surface area (Å²) in [6.07, 6.45) is 0. The van der Waals surface area contributed by atoms with Crippen LogP contribution >= 0.6 is 15.9 Å². The normalized spacial score (nSPS) is 19.6. The maximum atomic E-state index is 12.3. The van der Waals surface area contributed by atoms with E-state index in [9.17, 15) is 9.59 Å². The maximum absolute atomic E-state index is 12.3. The molecule has 0 aromatic heterocycles. The smallest absolute Gasteiger partial charge is 0.262 e. The lowest BCUT2D eigenvalue weighted by atomic mass is 10.1. The van der Waals surface area contributed by atoms with Crippen LogP contribution in [0.1, 0.15) is 20.7 Å². The Morgan fingerprint density at radius 2 is 1.85 bits per heavy atom. The molecule has 0 unspecified atom stereocenters. The summed E-state index contributed by atoms with van der Waals surface area (Å²) in [4.78, 5) is 28.3. The number of piperazine rings is 1. The van der Waals surface area contributed by atoms with Crippen molar-refractivity contribution >= 4 is 27.7 Å². The lowest BCUT2D eigenvalue weighted by Crippen LogP contribution is -2.47. The van der Waals surface area contributed by atoms with Crippen LogP contribution in [0.4, 0.5) is 0 Å². The summed E-state index contributed by atoms with van der Waals surface area (Å²) in [6.45, 7) is 5.06. The van der Waals surface area contributed by atoms with Crippen molar-refractivity contribution in [3.63, 3.8) is 0 Å². The number of rotatable bonds is 3. The summed E-state index contributed by atoms with van der Waals surface area (Å²) < 4.78 is 0.693. The second kappa shape index (κ2) is 5.63. The molecular weight excluding hydrogens is 322 g/mol. The summed E-state index contributed by atoms with van der Waals surface area (Å²) in [5.74, 6) is -0.367. The Hall–Kier alpha value is -1.24. The predicted octanol–water partition coefficient (Wildman–Crippen LogP) is 0.950. The quantitative estimate of drug-likeness (QED) is 0.834. The van der Waals surface area contributed by atoms with Gasteiger partial charge >= 0.3 is 0 Å². The molecule has 106 valence electrons. The molecule has 1 aromatic carbocycles. The monoisotopic (exact) mass is 337 g/mol. The molecular formula is C14H16BrN3O2. The van der Waals surface area contributed by atoms with Gasteiger partial charge < -0.3 is 5.32 Å². The number of hydrogen-bond donors (Lipinski definition) is 1. The van der Waals surface area contributed by atoms with E-state index in [1.54, 1.807) is 18.2 Å². The molecule has 2 amide bonds. The van der Waals surface area contributed by atoms with Crippen molar-refractivity contribution in [1.82, 2.24) is 15.1 Å². The molecule has 0 atom stereocenters. The molecule has 6 heteroatoms. The molecule has 0 bridgehead atoms. The van der Waals surface area contributed by atoms with E-state index >= 15 is 0 Å². The van der Waals surface area contributed by atoms with E-state index in [0.717, 1.165) is 32.7 Å². The maximum Gasteiger partial charge on any atom is 0.262 e. The molecule has 0 spiro atoms. The third kappa shape index (κ3) is 2.39. The average Bonchev–Trinajstić information content (AvgIpc) is 2.71. The van der Waals surface area contributed by atoms with Gasteiger partial charge in [0.25, 0.3) is 11.8 Å². The van der Waals surface area contributed by atoms with Gasteiger partial charge in [0.05, 0.1) is 11.1 Å². The summed E-state index contributed by atoms with van der Waals surface area (Å²) in [5.41, 5.74) is 1.00. The lowest BCUT2D eigenvalue weighted by molar-refractivity contribution is 0.0633. The molecule has 1 N–H and O–H groups in total. The Morgan fingerprint density at radius 3 is 2.55 bits per heavy atom. The van der Waals surface area contributed by atoms with Crippen molar-refractivity contribution in [2.24, 2.45) is 0 Å². The Labute approximate surface area is 126 Å². The van der Waals surface area contributed by atoms with Crippen molar-refractivity contribution in [1.29, 1.82) is 0 Å². The lowest BCUT2D eigenvalue weighted by Gasteiger charge is -2.28. The number of fused-ring (bicyclic) bond motifs is 1. The van der Waals surface area contributed by atoms with Gasteiger partial charge in [0.15, 0.2) is 0 Å². The molecule has 2 heterocycles. The fourth-order valence-electron chi connectivity index (χ4n) is 2.67. The van der Waals surface area contributed by atoms with Crippen molar-refractivity contribution < 1.29 is 9.59 Å². The number of halogens is 1. The Morgan fingerprint density at radius 1 is 1.10 bits per heavy atom. The first kappa shape index (κ1) is 13.7.